The van der Waals surface area contributed by atoms with Gasteiger partial charge in [0.2, 0.25) is 0 Å². The molecule has 0 spiro atoms. The molecule has 0 atom stereocenters. The van der Waals surface area contributed by atoms with Crippen molar-refractivity contribution in [2.75, 3.05) is 0 Å². The maximum atomic E-state index is 2.45. The van der Waals surface area contributed by atoms with Gasteiger partial charge in [0, 0.05) is 0 Å². The zero-order valence-electron chi connectivity index (χ0n) is 11.9. The third-order valence-corrected chi connectivity index (χ3v) is 17.9. The second-order valence-corrected chi connectivity index (χ2v) is 18.9. The molecule has 0 saturated heterocycles. The van der Waals surface area contributed by atoms with Gasteiger partial charge in [-0.1, -0.05) is 0 Å². The SMILES string of the molecule is C[C]1([Ce]([C]2(C)C=CC=C2)[C]2(C)C=CC=C2)C=CC=C1. The average molecular weight is 377 g/mol. The van der Waals surface area contributed by atoms with E-state index in [2.05, 4.69) is 93.7 Å². The molecule has 0 aliphatic heterocycles. The van der Waals surface area contributed by atoms with Crippen LogP contribution < -0.4 is 0 Å². The summed E-state index contributed by atoms with van der Waals surface area (Å²) in [6, 6.07) is 0. The van der Waals surface area contributed by atoms with E-state index in [1.54, 1.807) is 0 Å². The van der Waals surface area contributed by atoms with Gasteiger partial charge in [-0.3, -0.25) is 0 Å². The van der Waals surface area contributed by atoms with Gasteiger partial charge in [-0.25, -0.2) is 0 Å². The van der Waals surface area contributed by atoms with Gasteiger partial charge in [0.25, 0.3) is 0 Å². The molecule has 0 amide bonds. The molecule has 3 aliphatic rings. The van der Waals surface area contributed by atoms with Crippen LogP contribution in [0.1, 0.15) is 20.8 Å². The fourth-order valence-electron chi connectivity index (χ4n) is 3.94. The van der Waals surface area contributed by atoms with Crippen molar-refractivity contribution < 1.29 is 35.5 Å². The standard InChI is InChI=1S/3C6H7.Ce/c3*1-6-4-2-3-5-6;/h3*2-5H,1H3;. The first kappa shape index (κ1) is 13.8. The topological polar surface area (TPSA) is 0 Å². The normalized spacial score (nSPS) is 26.7. The summed E-state index contributed by atoms with van der Waals surface area (Å²) < 4.78 is 0.935. The van der Waals surface area contributed by atoms with E-state index in [4.69, 9.17) is 0 Å². The summed E-state index contributed by atoms with van der Waals surface area (Å²) >= 11 is -2.18. The minimum atomic E-state index is -2.18. The third-order valence-electron chi connectivity index (χ3n) is 4.60. The third kappa shape index (κ3) is 2.22. The van der Waals surface area contributed by atoms with Gasteiger partial charge in [0.1, 0.15) is 0 Å². The molecule has 0 aromatic heterocycles. The molecule has 19 heavy (non-hydrogen) atoms. The molecule has 0 N–H and O–H groups in total. The van der Waals surface area contributed by atoms with E-state index >= 15 is 0 Å². The van der Waals surface area contributed by atoms with Crippen LogP contribution in [-0.4, -0.2) is 0 Å². The Bertz CT molecular complexity index is 437. The van der Waals surface area contributed by atoms with E-state index < -0.39 is 35.5 Å². The van der Waals surface area contributed by atoms with Gasteiger partial charge in [-0.2, -0.15) is 0 Å². The molecule has 0 aromatic carbocycles. The minimum absolute atomic E-state index is 0.312. The van der Waals surface area contributed by atoms with Crippen LogP contribution in [0.15, 0.2) is 72.9 Å². The van der Waals surface area contributed by atoms with Crippen LogP contribution in [0.3, 0.4) is 0 Å². The number of hydrogen-bond acceptors (Lipinski definition) is 0. The van der Waals surface area contributed by atoms with E-state index in [9.17, 15) is 0 Å². The van der Waals surface area contributed by atoms with Gasteiger partial charge >= 0.3 is 132 Å². The molecule has 97 valence electrons. The monoisotopic (exact) mass is 377 g/mol. The summed E-state index contributed by atoms with van der Waals surface area (Å²) in [6.45, 7) is 7.35. The summed E-state index contributed by atoms with van der Waals surface area (Å²) in [5.41, 5.74) is 0. The van der Waals surface area contributed by atoms with Crippen molar-refractivity contribution >= 4 is 0 Å². The van der Waals surface area contributed by atoms with Crippen molar-refractivity contribution in [3.05, 3.63) is 72.9 Å². The average Bonchev–Trinajstić information content (AvgIpc) is 3.03. The Morgan fingerprint density at radius 3 is 0.895 bits per heavy atom. The van der Waals surface area contributed by atoms with Crippen LogP contribution in [0.25, 0.3) is 0 Å². The second-order valence-electron chi connectivity index (χ2n) is 6.38. The van der Waals surface area contributed by atoms with E-state index in [0.717, 1.165) is 0 Å². The van der Waals surface area contributed by atoms with Gasteiger partial charge in [0.05, 0.1) is 0 Å². The Morgan fingerprint density at radius 2 is 0.684 bits per heavy atom. The summed E-state index contributed by atoms with van der Waals surface area (Å²) in [7, 11) is 0. The molecule has 0 aromatic rings. The van der Waals surface area contributed by atoms with Crippen LogP contribution in [0.2, 0.25) is 2.80 Å². The zero-order chi connectivity index (χ0) is 13.6. The molecule has 0 bridgehead atoms. The molecule has 0 nitrogen and oxygen atoms in total. The molecule has 0 fully saturated rings. The molecule has 0 unspecified atom stereocenters. The Labute approximate surface area is 130 Å². The van der Waals surface area contributed by atoms with Crippen molar-refractivity contribution in [1.82, 2.24) is 0 Å². The Morgan fingerprint density at radius 1 is 0.474 bits per heavy atom. The summed E-state index contributed by atoms with van der Waals surface area (Å²) in [5, 5.41) is 0. The summed E-state index contributed by atoms with van der Waals surface area (Å²) in [4.78, 5) is 0. The predicted octanol–water partition coefficient (Wildman–Crippen LogP) is 5.52. The van der Waals surface area contributed by atoms with Crippen LogP contribution in [0.4, 0.5) is 0 Å². The number of rotatable bonds is 3. The van der Waals surface area contributed by atoms with Crippen molar-refractivity contribution in [1.29, 1.82) is 0 Å². The van der Waals surface area contributed by atoms with Gasteiger partial charge in [-0.15, -0.1) is 0 Å². The van der Waals surface area contributed by atoms with Crippen molar-refractivity contribution in [2.45, 2.75) is 23.6 Å². The quantitative estimate of drug-likeness (QED) is 0.607. The fourth-order valence-corrected chi connectivity index (χ4v) is 19.8. The molecule has 0 radical (unpaired) electrons. The van der Waals surface area contributed by atoms with Crippen LogP contribution in [0, 0.1) is 35.5 Å². The van der Waals surface area contributed by atoms with E-state index in [-0.39, 0.29) is 0 Å². The Hall–Kier alpha value is -0.183. The summed E-state index contributed by atoms with van der Waals surface area (Å²) in [5.74, 6) is 0. The predicted molar refractivity (Wildman–Crippen MR) is 79.9 cm³/mol. The van der Waals surface area contributed by atoms with Crippen molar-refractivity contribution in [2.24, 2.45) is 0 Å². The van der Waals surface area contributed by atoms with Gasteiger partial charge in [-0.05, 0) is 0 Å². The fraction of sp³-hybridized carbons (Fsp3) is 0.333. The van der Waals surface area contributed by atoms with E-state index in [1.807, 2.05) is 0 Å². The molecule has 3 aliphatic carbocycles. The number of allylic oxidation sites excluding steroid dienone is 12. The Balaban J connectivity index is 2.12. The van der Waals surface area contributed by atoms with Crippen LogP contribution >= 0.6 is 0 Å². The van der Waals surface area contributed by atoms with E-state index in [1.165, 1.54) is 0 Å². The molecular formula is C18H21Ce. The molecule has 1 heteroatoms. The molecule has 0 heterocycles. The van der Waals surface area contributed by atoms with Gasteiger partial charge < -0.3 is 0 Å². The maximum absolute atomic E-state index is 2.45. The van der Waals surface area contributed by atoms with Gasteiger partial charge in [0.15, 0.2) is 0 Å². The molecular weight excluding hydrogens is 356 g/mol. The molecule has 0 saturated carbocycles. The second kappa shape index (κ2) is 4.68. The van der Waals surface area contributed by atoms with Crippen molar-refractivity contribution in [3.8, 4) is 0 Å². The first-order valence-electron chi connectivity index (χ1n) is 6.98. The molecule has 3 rings (SSSR count). The van der Waals surface area contributed by atoms with Crippen LogP contribution in [0.5, 0.6) is 0 Å². The first-order chi connectivity index (χ1) is 8.99. The Kier molecular flexibility index (Phi) is 3.39. The van der Waals surface area contributed by atoms with Crippen LogP contribution in [-0.2, 0) is 0 Å². The van der Waals surface area contributed by atoms with E-state index in [0.29, 0.717) is 2.80 Å². The van der Waals surface area contributed by atoms with Crippen molar-refractivity contribution in [3.63, 3.8) is 0 Å². The number of hydrogen-bond donors (Lipinski definition) is 0. The first-order valence-corrected chi connectivity index (χ1v) is 11.7. The zero-order valence-corrected chi connectivity index (χ0v) is 15.1. The summed E-state index contributed by atoms with van der Waals surface area (Å²) in [6.07, 6.45) is 28.1.